The van der Waals surface area contributed by atoms with Gasteiger partial charge in [-0.25, -0.2) is 15.0 Å². The number of nitrogens with zero attached hydrogens (tertiary/aromatic N) is 4. The highest BCUT2D eigenvalue weighted by Crippen LogP contribution is 2.58. The minimum absolute atomic E-state index is 0.0490. The molecule has 5 rings (SSSR count). The molecule has 3 aromatic rings. The largest absolute Gasteiger partial charge is 0.394 e. The standard InChI is InChI=1S/C19H16FN5O7S/c20-33(30,31)11-3-1-10(2-4-11)14(27)19(29)12(7-26)32-18(6-5-17(18,19)28)25-9-24-13-15(21)22-8-23-16(13)25/h1-6,8-9,12,26,28-29H,7H2,(H2,21,22,23)/t12-,17+,18-,19+/m1/s1. The summed E-state index contributed by atoms with van der Waals surface area (Å²) in [5, 5.41) is 33.0. The van der Waals surface area contributed by atoms with E-state index in [9.17, 15) is 32.4 Å². The molecule has 0 saturated carbocycles. The Balaban J connectivity index is 1.64. The van der Waals surface area contributed by atoms with Gasteiger partial charge in [-0.1, -0.05) is 0 Å². The molecule has 33 heavy (non-hydrogen) atoms. The predicted molar refractivity (Wildman–Crippen MR) is 108 cm³/mol. The molecule has 0 unspecified atom stereocenters. The summed E-state index contributed by atoms with van der Waals surface area (Å²) in [6.07, 6.45) is 3.27. The van der Waals surface area contributed by atoms with Crippen molar-refractivity contribution in [1.82, 2.24) is 19.5 Å². The molecule has 0 amide bonds. The molecule has 0 bridgehead atoms. The van der Waals surface area contributed by atoms with Crippen LogP contribution in [0.2, 0.25) is 0 Å². The van der Waals surface area contributed by atoms with Crippen LogP contribution in [-0.2, 0) is 20.7 Å². The number of aliphatic hydroxyl groups excluding tert-OH is 1. The SMILES string of the molecule is Nc1ncnc2c1ncn2[C@@]12C=C[C@@]1(O)[C@@](O)(C(=O)c1ccc(S(=O)(=O)F)cc1)[C@@H](CO)O2. The first-order valence-corrected chi connectivity index (χ1v) is 10.9. The van der Waals surface area contributed by atoms with Gasteiger partial charge in [-0.15, -0.1) is 3.89 Å². The maximum absolute atomic E-state index is 13.4. The molecule has 2 aliphatic rings. The number of benzene rings is 1. The molecule has 1 aliphatic carbocycles. The van der Waals surface area contributed by atoms with Crippen molar-refractivity contribution in [2.45, 2.75) is 27.9 Å². The number of aliphatic hydroxyl groups is 3. The lowest BCUT2D eigenvalue weighted by Gasteiger charge is -2.48. The van der Waals surface area contributed by atoms with Gasteiger partial charge in [0, 0.05) is 5.56 Å². The fourth-order valence-electron chi connectivity index (χ4n) is 4.35. The van der Waals surface area contributed by atoms with E-state index in [0.717, 1.165) is 36.7 Å². The first kappa shape index (κ1) is 21.5. The first-order chi connectivity index (χ1) is 15.5. The second-order valence-electron chi connectivity index (χ2n) is 7.69. The summed E-state index contributed by atoms with van der Waals surface area (Å²) in [6, 6.07) is 3.64. The molecule has 172 valence electrons. The number of imidazole rings is 1. The minimum Gasteiger partial charge on any atom is -0.394 e. The van der Waals surface area contributed by atoms with E-state index in [-0.39, 0.29) is 22.5 Å². The minimum atomic E-state index is -5.01. The van der Waals surface area contributed by atoms with Gasteiger partial charge in [-0.2, -0.15) is 8.42 Å². The van der Waals surface area contributed by atoms with Gasteiger partial charge >= 0.3 is 10.2 Å². The number of carbonyl (C=O) groups excluding carboxylic acids is 1. The van der Waals surface area contributed by atoms with E-state index in [0.29, 0.717) is 0 Å². The third kappa shape index (κ3) is 2.54. The van der Waals surface area contributed by atoms with Gasteiger partial charge < -0.3 is 25.8 Å². The highest BCUT2D eigenvalue weighted by atomic mass is 32.3. The Morgan fingerprint density at radius 3 is 2.45 bits per heavy atom. The van der Waals surface area contributed by atoms with E-state index >= 15 is 0 Å². The lowest BCUT2D eigenvalue weighted by atomic mass is 9.65. The van der Waals surface area contributed by atoms with Gasteiger partial charge in [-0.05, 0) is 36.4 Å². The second kappa shape index (κ2) is 6.61. The average molecular weight is 477 g/mol. The van der Waals surface area contributed by atoms with Crippen molar-refractivity contribution in [2.75, 3.05) is 12.3 Å². The number of hydrogen-bond acceptors (Lipinski definition) is 11. The van der Waals surface area contributed by atoms with Crippen LogP contribution in [0.15, 0.2) is 54.0 Å². The Labute approximate surface area is 185 Å². The van der Waals surface area contributed by atoms with Gasteiger partial charge in [0.2, 0.25) is 11.5 Å². The summed E-state index contributed by atoms with van der Waals surface area (Å²) in [5.41, 5.74) is -1.13. The number of nitrogens with two attached hydrogens (primary N) is 1. The Bertz CT molecular complexity index is 1440. The number of anilines is 1. The van der Waals surface area contributed by atoms with Crippen LogP contribution in [0.5, 0.6) is 0 Å². The maximum Gasteiger partial charge on any atom is 0.332 e. The zero-order valence-electron chi connectivity index (χ0n) is 16.5. The van der Waals surface area contributed by atoms with E-state index in [1.165, 1.54) is 17.0 Å². The predicted octanol–water partition coefficient (Wildman–Crippen LogP) is -0.975. The molecule has 2 aromatic heterocycles. The van der Waals surface area contributed by atoms with Crippen molar-refractivity contribution in [3.63, 3.8) is 0 Å². The zero-order valence-corrected chi connectivity index (χ0v) is 17.3. The first-order valence-electron chi connectivity index (χ1n) is 9.47. The Morgan fingerprint density at radius 1 is 1.18 bits per heavy atom. The molecular weight excluding hydrogens is 461 g/mol. The number of rotatable bonds is 5. The van der Waals surface area contributed by atoms with Crippen LogP contribution >= 0.6 is 0 Å². The molecule has 1 saturated heterocycles. The Kier molecular flexibility index (Phi) is 4.32. The number of ether oxygens (including phenoxy) is 1. The van der Waals surface area contributed by atoms with Crippen LogP contribution in [0, 0.1) is 0 Å². The van der Waals surface area contributed by atoms with Crippen LogP contribution in [-0.4, -0.2) is 73.0 Å². The topological polar surface area (TPSA) is 191 Å². The third-order valence-electron chi connectivity index (χ3n) is 6.10. The number of nitrogen functional groups attached to an aromatic ring is 1. The van der Waals surface area contributed by atoms with Gasteiger partial charge in [-0.3, -0.25) is 9.36 Å². The average Bonchev–Trinajstić information content (AvgIpc) is 3.27. The number of ketones is 1. The Hall–Kier alpha value is -3.30. The van der Waals surface area contributed by atoms with Crippen molar-refractivity contribution in [3.8, 4) is 0 Å². The summed E-state index contributed by atoms with van der Waals surface area (Å²) < 4.78 is 42.4. The van der Waals surface area contributed by atoms with Crippen LogP contribution in [0.3, 0.4) is 0 Å². The fraction of sp³-hybridized carbons (Fsp3) is 0.263. The smallest absolute Gasteiger partial charge is 0.332 e. The van der Waals surface area contributed by atoms with Gasteiger partial charge in [0.25, 0.3) is 0 Å². The summed E-state index contributed by atoms with van der Waals surface area (Å²) >= 11 is 0. The van der Waals surface area contributed by atoms with Gasteiger partial charge in [0.1, 0.15) is 17.9 Å². The van der Waals surface area contributed by atoms with Crippen molar-refractivity contribution >= 4 is 33.0 Å². The Morgan fingerprint density at radius 2 is 1.88 bits per heavy atom. The summed E-state index contributed by atoms with van der Waals surface area (Å²) in [4.78, 5) is 24.7. The normalized spacial score (nSPS) is 30.8. The molecule has 1 fully saturated rings. The third-order valence-corrected chi connectivity index (χ3v) is 6.93. The number of halogens is 1. The molecule has 1 aliphatic heterocycles. The highest BCUT2D eigenvalue weighted by Gasteiger charge is 2.79. The molecule has 3 heterocycles. The fourth-order valence-corrected chi connectivity index (χ4v) is 4.82. The van der Waals surface area contributed by atoms with Crippen molar-refractivity contribution in [2.24, 2.45) is 0 Å². The zero-order chi connectivity index (χ0) is 23.8. The molecule has 5 N–H and O–H groups in total. The number of carbonyl (C=O) groups is 1. The van der Waals surface area contributed by atoms with Crippen molar-refractivity contribution < 1.29 is 37.2 Å². The van der Waals surface area contributed by atoms with Crippen LogP contribution in [0.1, 0.15) is 10.4 Å². The molecule has 14 heteroatoms. The number of Topliss-reactive ketones (excluding diaryl/α,β-unsaturated/α-hetero) is 1. The number of aromatic nitrogens is 4. The molecule has 1 aromatic carbocycles. The van der Waals surface area contributed by atoms with Crippen LogP contribution in [0.25, 0.3) is 11.2 Å². The molecule has 12 nitrogen and oxygen atoms in total. The maximum atomic E-state index is 13.4. The number of hydrogen-bond donors (Lipinski definition) is 4. The van der Waals surface area contributed by atoms with Crippen molar-refractivity contribution in [1.29, 1.82) is 0 Å². The van der Waals surface area contributed by atoms with E-state index in [1.54, 1.807) is 0 Å². The van der Waals surface area contributed by atoms with Gasteiger partial charge in [0.15, 0.2) is 22.7 Å². The molecule has 0 radical (unpaired) electrons. The highest BCUT2D eigenvalue weighted by molar-refractivity contribution is 7.86. The van der Waals surface area contributed by atoms with Gasteiger partial charge in [0.05, 0.1) is 17.8 Å². The second-order valence-corrected chi connectivity index (χ2v) is 9.04. The van der Waals surface area contributed by atoms with E-state index in [4.69, 9.17) is 10.5 Å². The van der Waals surface area contributed by atoms with Crippen molar-refractivity contribution in [3.05, 3.63) is 54.6 Å². The van der Waals surface area contributed by atoms with Crippen LogP contribution < -0.4 is 5.73 Å². The quantitative estimate of drug-likeness (QED) is 0.201. The monoisotopic (exact) mass is 477 g/mol. The van der Waals surface area contributed by atoms with Crippen LogP contribution in [0.4, 0.5) is 9.70 Å². The van der Waals surface area contributed by atoms with E-state index in [1.807, 2.05) is 0 Å². The molecule has 4 atom stereocenters. The van der Waals surface area contributed by atoms with E-state index in [2.05, 4.69) is 15.0 Å². The molecular formula is C19H16FN5O7S. The molecule has 0 spiro atoms. The van der Waals surface area contributed by atoms with E-state index < -0.39 is 50.5 Å². The summed E-state index contributed by atoms with van der Waals surface area (Å²) in [6.45, 7) is -0.866. The summed E-state index contributed by atoms with van der Waals surface area (Å²) in [7, 11) is -5.01. The lowest BCUT2D eigenvalue weighted by Crippen LogP contribution is -2.70. The summed E-state index contributed by atoms with van der Waals surface area (Å²) in [5.74, 6) is -1.04. The lowest BCUT2D eigenvalue weighted by molar-refractivity contribution is -0.165. The number of fused-ring (bicyclic) bond motifs is 2.